The summed E-state index contributed by atoms with van der Waals surface area (Å²) in [5.74, 6) is -0.704. The molecule has 2 N–H and O–H groups in total. The van der Waals surface area contributed by atoms with Gasteiger partial charge >= 0.3 is 0 Å². The maximum absolute atomic E-state index is 13.6. The van der Waals surface area contributed by atoms with Gasteiger partial charge in [-0.25, -0.2) is 13.8 Å². The van der Waals surface area contributed by atoms with E-state index in [1.165, 1.54) is 0 Å². The van der Waals surface area contributed by atoms with Crippen LogP contribution in [-0.2, 0) is 0 Å². The SMILES string of the molecule is CC(C)CN(CCCN)c1ncc(F)cc1F. The van der Waals surface area contributed by atoms with Crippen LogP contribution in [0.2, 0.25) is 0 Å². The van der Waals surface area contributed by atoms with E-state index in [9.17, 15) is 8.78 Å². The lowest BCUT2D eigenvalue weighted by Crippen LogP contribution is -2.31. The van der Waals surface area contributed by atoms with E-state index in [1.807, 2.05) is 18.7 Å². The molecule has 1 rings (SSSR count). The van der Waals surface area contributed by atoms with Crippen LogP contribution in [0, 0.1) is 17.6 Å². The first-order chi connectivity index (χ1) is 8.04. The standard InChI is InChI=1S/C12H19F2N3/c1-9(2)8-17(5-3-4-15)12-11(14)6-10(13)7-16-12/h6-7,9H,3-5,8,15H2,1-2H3. The minimum absolute atomic E-state index is 0.202. The van der Waals surface area contributed by atoms with Gasteiger partial charge in [-0.05, 0) is 18.9 Å². The highest BCUT2D eigenvalue weighted by atomic mass is 19.1. The molecule has 0 aliphatic heterocycles. The van der Waals surface area contributed by atoms with Crippen LogP contribution < -0.4 is 10.6 Å². The number of hydrogen-bond acceptors (Lipinski definition) is 3. The summed E-state index contributed by atoms with van der Waals surface area (Å²) in [4.78, 5) is 5.63. The topological polar surface area (TPSA) is 42.1 Å². The zero-order valence-electron chi connectivity index (χ0n) is 10.3. The third-order valence-electron chi connectivity index (χ3n) is 2.31. The third-order valence-corrected chi connectivity index (χ3v) is 2.31. The average Bonchev–Trinajstić information content (AvgIpc) is 2.24. The molecule has 1 aromatic rings. The quantitative estimate of drug-likeness (QED) is 0.832. The molecule has 0 amide bonds. The number of nitrogens with two attached hydrogens (primary N) is 1. The lowest BCUT2D eigenvalue weighted by molar-refractivity contribution is 0.547. The van der Waals surface area contributed by atoms with Gasteiger partial charge in [-0.2, -0.15) is 0 Å². The molecule has 0 fully saturated rings. The largest absolute Gasteiger partial charge is 0.354 e. The summed E-state index contributed by atoms with van der Waals surface area (Å²) in [6.07, 6.45) is 1.79. The minimum Gasteiger partial charge on any atom is -0.354 e. The summed E-state index contributed by atoms with van der Waals surface area (Å²) in [7, 11) is 0. The van der Waals surface area contributed by atoms with Crippen molar-refractivity contribution in [3.8, 4) is 0 Å². The Morgan fingerprint density at radius 2 is 2.12 bits per heavy atom. The number of nitrogens with zero attached hydrogens (tertiary/aromatic N) is 2. The highest BCUT2D eigenvalue weighted by Gasteiger charge is 2.14. The van der Waals surface area contributed by atoms with Crippen LogP contribution in [0.5, 0.6) is 0 Å². The fourth-order valence-electron chi connectivity index (χ4n) is 1.65. The molecular formula is C12H19F2N3. The highest BCUT2D eigenvalue weighted by Crippen LogP contribution is 2.18. The van der Waals surface area contributed by atoms with Crippen molar-refractivity contribution in [3.05, 3.63) is 23.9 Å². The Morgan fingerprint density at radius 3 is 2.65 bits per heavy atom. The highest BCUT2D eigenvalue weighted by molar-refractivity contribution is 5.39. The normalized spacial score (nSPS) is 10.9. The van der Waals surface area contributed by atoms with Crippen LogP contribution in [0.4, 0.5) is 14.6 Å². The van der Waals surface area contributed by atoms with Crippen LogP contribution in [-0.4, -0.2) is 24.6 Å². The molecule has 0 unspecified atom stereocenters. The molecule has 0 aromatic carbocycles. The molecule has 0 aliphatic rings. The van der Waals surface area contributed by atoms with Gasteiger partial charge in [0.05, 0.1) is 6.20 Å². The molecule has 0 radical (unpaired) electrons. The van der Waals surface area contributed by atoms with Crippen LogP contribution in [0.25, 0.3) is 0 Å². The monoisotopic (exact) mass is 243 g/mol. The Labute approximate surface area is 101 Å². The first kappa shape index (κ1) is 13.8. The van der Waals surface area contributed by atoms with Gasteiger partial charge in [0.15, 0.2) is 11.6 Å². The Morgan fingerprint density at radius 1 is 1.41 bits per heavy atom. The minimum atomic E-state index is -0.658. The van der Waals surface area contributed by atoms with Gasteiger partial charge in [0.25, 0.3) is 0 Å². The zero-order chi connectivity index (χ0) is 12.8. The molecule has 17 heavy (non-hydrogen) atoms. The van der Waals surface area contributed by atoms with Crippen molar-refractivity contribution in [1.29, 1.82) is 0 Å². The van der Waals surface area contributed by atoms with Crippen molar-refractivity contribution in [1.82, 2.24) is 4.98 Å². The maximum Gasteiger partial charge on any atom is 0.168 e. The third kappa shape index (κ3) is 4.26. The van der Waals surface area contributed by atoms with E-state index in [0.717, 1.165) is 18.7 Å². The van der Waals surface area contributed by atoms with Crippen LogP contribution in [0.1, 0.15) is 20.3 Å². The Balaban J connectivity index is 2.86. The molecule has 0 saturated heterocycles. The fourth-order valence-corrected chi connectivity index (χ4v) is 1.65. The van der Waals surface area contributed by atoms with Gasteiger partial charge in [-0.3, -0.25) is 0 Å². The molecule has 3 nitrogen and oxygen atoms in total. The van der Waals surface area contributed by atoms with Gasteiger partial charge in [0.1, 0.15) is 5.82 Å². The predicted molar refractivity (Wildman–Crippen MR) is 64.9 cm³/mol. The van der Waals surface area contributed by atoms with E-state index in [-0.39, 0.29) is 5.82 Å². The molecule has 5 heteroatoms. The number of anilines is 1. The second-order valence-electron chi connectivity index (χ2n) is 4.44. The molecule has 1 heterocycles. The number of pyridine rings is 1. The Hall–Kier alpha value is -1.23. The maximum atomic E-state index is 13.6. The van der Waals surface area contributed by atoms with Gasteiger partial charge in [-0.15, -0.1) is 0 Å². The molecule has 0 bridgehead atoms. The van der Waals surface area contributed by atoms with E-state index in [2.05, 4.69) is 4.98 Å². The molecule has 0 aliphatic carbocycles. The second kappa shape index (κ2) is 6.49. The summed E-state index contributed by atoms with van der Waals surface area (Å²) < 4.78 is 26.4. The molecule has 0 saturated carbocycles. The van der Waals surface area contributed by atoms with Crippen molar-refractivity contribution in [2.45, 2.75) is 20.3 Å². The molecule has 96 valence electrons. The lowest BCUT2D eigenvalue weighted by Gasteiger charge is -2.25. The number of rotatable bonds is 6. The number of aromatic nitrogens is 1. The molecular weight excluding hydrogens is 224 g/mol. The van der Waals surface area contributed by atoms with Crippen LogP contribution in [0.3, 0.4) is 0 Å². The van der Waals surface area contributed by atoms with Crippen molar-refractivity contribution in [2.75, 3.05) is 24.5 Å². The van der Waals surface area contributed by atoms with E-state index >= 15 is 0 Å². The zero-order valence-corrected chi connectivity index (χ0v) is 10.3. The number of hydrogen-bond donors (Lipinski definition) is 1. The van der Waals surface area contributed by atoms with E-state index < -0.39 is 11.6 Å². The average molecular weight is 243 g/mol. The summed E-state index contributed by atoms with van der Waals surface area (Å²) >= 11 is 0. The smallest absolute Gasteiger partial charge is 0.168 e. The number of halogens is 2. The summed E-state index contributed by atoms with van der Waals surface area (Å²) in [5, 5.41) is 0. The van der Waals surface area contributed by atoms with Gasteiger partial charge < -0.3 is 10.6 Å². The first-order valence-electron chi connectivity index (χ1n) is 5.80. The predicted octanol–water partition coefficient (Wildman–Crippen LogP) is 2.17. The Bertz CT molecular complexity index is 356. The van der Waals surface area contributed by atoms with E-state index in [1.54, 1.807) is 0 Å². The van der Waals surface area contributed by atoms with Crippen molar-refractivity contribution < 1.29 is 8.78 Å². The van der Waals surface area contributed by atoms with Crippen LogP contribution >= 0.6 is 0 Å². The summed E-state index contributed by atoms with van der Waals surface area (Å²) in [6.45, 7) is 5.92. The van der Waals surface area contributed by atoms with Gasteiger partial charge in [0.2, 0.25) is 0 Å². The van der Waals surface area contributed by atoms with Gasteiger partial charge in [-0.1, -0.05) is 13.8 Å². The van der Waals surface area contributed by atoms with E-state index in [0.29, 0.717) is 25.6 Å². The lowest BCUT2D eigenvalue weighted by atomic mass is 10.2. The first-order valence-corrected chi connectivity index (χ1v) is 5.80. The summed E-state index contributed by atoms with van der Waals surface area (Å²) in [5.41, 5.74) is 5.45. The molecule has 0 spiro atoms. The molecule has 0 atom stereocenters. The van der Waals surface area contributed by atoms with Crippen molar-refractivity contribution in [3.63, 3.8) is 0 Å². The van der Waals surface area contributed by atoms with E-state index in [4.69, 9.17) is 5.73 Å². The van der Waals surface area contributed by atoms with Crippen molar-refractivity contribution in [2.24, 2.45) is 11.7 Å². The molecule has 1 aromatic heterocycles. The fraction of sp³-hybridized carbons (Fsp3) is 0.583. The summed E-state index contributed by atoms with van der Waals surface area (Å²) in [6, 6.07) is 0.859. The van der Waals surface area contributed by atoms with Crippen LogP contribution in [0.15, 0.2) is 12.3 Å². The Kier molecular flexibility index (Phi) is 5.28. The van der Waals surface area contributed by atoms with Crippen molar-refractivity contribution >= 4 is 5.82 Å². The second-order valence-corrected chi connectivity index (χ2v) is 4.44. The van der Waals surface area contributed by atoms with Gasteiger partial charge in [0, 0.05) is 19.2 Å².